The van der Waals surface area contributed by atoms with Crippen LogP contribution in [0.25, 0.3) is 20.7 Å². The van der Waals surface area contributed by atoms with Gasteiger partial charge in [-0.2, -0.15) is 5.10 Å². The summed E-state index contributed by atoms with van der Waals surface area (Å²) in [7, 11) is 3.21. The molecule has 5 aromatic rings. The average Bonchev–Trinajstić information content (AvgIpc) is 3.82. The Morgan fingerprint density at radius 2 is 1.72 bits per heavy atom. The van der Waals surface area contributed by atoms with Crippen LogP contribution in [0.15, 0.2) is 82.9 Å². The maximum atomic E-state index is 15.2. The summed E-state index contributed by atoms with van der Waals surface area (Å²) >= 11 is 11.3. The lowest BCUT2D eigenvalue weighted by Crippen LogP contribution is -2.49. The molecule has 274 valence electrons. The molecule has 0 spiro atoms. The van der Waals surface area contributed by atoms with Crippen molar-refractivity contribution in [3.63, 3.8) is 0 Å². The number of phenolic OH excluding ortho intramolecular Hbond substituents is 1. The number of hydrogen-bond donors (Lipinski definition) is 1. The number of hydrogen-bond acceptors (Lipinski definition) is 8. The summed E-state index contributed by atoms with van der Waals surface area (Å²) in [6.07, 6.45) is 2.51. The highest BCUT2D eigenvalue weighted by Gasteiger charge is 2.68. The number of nitrogens with zero attached hydrogens (tertiary/aromatic N) is 4. The Hall–Kier alpha value is -4.78. The fourth-order valence-electron chi connectivity index (χ4n) is 9.58. The van der Waals surface area contributed by atoms with Crippen molar-refractivity contribution < 1.29 is 29.0 Å². The molecule has 4 amide bonds. The van der Waals surface area contributed by atoms with E-state index in [9.17, 15) is 19.5 Å². The monoisotopic (exact) mass is 824 g/mol. The smallest absolute Gasteiger partial charge is 0.242 e. The second kappa shape index (κ2) is 12.4. The Bertz CT molecular complexity index is 2510. The molecule has 1 N–H and O–H groups in total. The van der Waals surface area contributed by atoms with Gasteiger partial charge in [-0.05, 0) is 92.1 Å². The number of ether oxygens (including phenoxy) is 1. The second-order valence-corrected chi connectivity index (χ2v) is 17.2. The van der Waals surface area contributed by atoms with E-state index in [0.717, 1.165) is 30.6 Å². The average molecular weight is 826 g/mol. The van der Waals surface area contributed by atoms with Gasteiger partial charge in [0.1, 0.15) is 23.0 Å². The molecule has 2 saturated heterocycles. The van der Waals surface area contributed by atoms with Crippen LogP contribution >= 0.6 is 38.9 Å². The largest absolute Gasteiger partial charge is 0.508 e. The molecular formula is C41H34BrClN4O6S. The number of aromatic hydroxyl groups is 1. The van der Waals surface area contributed by atoms with Crippen molar-refractivity contribution in [3.8, 4) is 22.1 Å². The molecule has 13 heteroatoms. The zero-order valence-corrected chi connectivity index (χ0v) is 32.8. The number of carbonyl (C=O) groups is 4. The third-order valence-corrected chi connectivity index (χ3v) is 14.2. The van der Waals surface area contributed by atoms with Crippen LogP contribution in [0.5, 0.6) is 11.5 Å². The Morgan fingerprint density at radius 3 is 2.46 bits per heavy atom. The predicted molar refractivity (Wildman–Crippen MR) is 210 cm³/mol. The molecule has 6 atom stereocenters. The Morgan fingerprint density at radius 1 is 0.963 bits per heavy atom. The molecule has 0 radical (unpaired) electrons. The van der Waals surface area contributed by atoms with Gasteiger partial charge in [-0.15, -0.1) is 11.3 Å². The zero-order chi connectivity index (χ0) is 38.0. The van der Waals surface area contributed by atoms with Crippen molar-refractivity contribution in [2.24, 2.45) is 36.1 Å². The van der Waals surface area contributed by atoms with E-state index < -0.39 is 35.0 Å². The van der Waals surface area contributed by atoms with Crippen LogP contribution in [0.2, 0.25) is 5.02 Å². The van der Waals surface area contributed by atoms with Crippen LogP contribution in [-0.4, -0.2) is 45.6 Å². The normalized spacial score (nSPS) is 26.3. The molecular weight excluding hydrogens is 792 g/mol. The van der Waals surface area contributed by atoms with Gasteiger partial charge in [-0.25, -0.2) is 4.90 Å². The SMILES string of the molecule is COc1cc(O)ccc1C1C2=CCC3C(=O)N(c4ccc(Br)cc4)C(=O)C3C2CC2C(=O)N(c3cc(-c4sc5ccc(Cl)cc5c4C)nn3C)C(=O)C21C. The first-order chi connectivity index (χ1) is 25.8. The first-order valence-electron chi connectivity index (χ1n) is 17.6. The van der Waals surface area contributed by atoms with Gasteiger partial charge >= 0.3 is 0 Å². The number of halogens is 2. The number of amides is 4. The topological polar surface area (TPSA) is 122 Å². The van der Waals surface area contributed by atoms with Crippen LogP contribution in [0.4, 0.5) is 11.5 Å². The minimum absolute atomic E-state index is 0.0132. The molecule has 4 heterocycles. The van der Waals surface area contributed by atoms with Gasteiger partial charge in [0.2, 0.25) is 23.6 Å². The Labute approximate surface area is 328 Å². The predicted octanol–water partition coefficient (Wildman–Crippen LogP) is 8.18. The quantitative estimate of drug-likeness (QED) is 0.140. The van der Waals surface area contributed by atoms with E-state index in [1.54, 1.807) is 65.5 Å². The lowest BCUT2D eigenvalue weighted by atomic mass is 9.51. The Balaban J connectivity index is 1.16. The van der Waals surface area contributed by atoms with E-state index in [-0.39, 0.29) is 35.8 Å². The number of fused-ring (bicyclic) bond motifs is 5. The van der Waals surface area contributed by atoms with Crippen molar-refractivity contribution in [2.45, 2.75) is 32.6 Å². The van der Waals surface area contributed by atoms with Gasteiger partial charge in [0, 0.05) is 44.9 Å². The second-order valence-electron chi connectivity index (χ2n) is 14.8. The number of methoxy groups -OCH3 is 1. The highest BCUT2D eigenvalue weighted by atomic mass is 79.9. The third kappa shape index (κ3) is 4.85. The number of phenols is 1. The van der Waals surface area contributed by atoms with Crippen molar-refractivity contribution in [3.05, 3.63) is 99.0 Å². The van der Waals surface area contributed by atoms with E-state index >= 15 is 4.79 Å². The lowest BCUT2D eigenvalue weighted by molar-refractivity contribution is -0.131. The number of carbonyl (C=O) groups excluding carboxylic acids is 4. The summed E-state index contributed by atoms with van der Waals surface area (Å²) in [5.74, 6) is -4.06. The minimum Gasteiger partial charge on any atom is -0.508 e. The van der Waals surface area contributed by atoms with Crippen LogP contribution in [0.1, 0.15) is 36.8 Å². The Kier molecular flexibility index (Phi) is 8.01. The number of anilines is 2. The zero-order valence-electron chi connectivity index (χ0n) is 29.7. The van der Waals surface area contributed by atoms with Crippen molar-refractivity contribution in [1.29, 1.82) is 0 Å². The van der Waals surface area contributed by atoms with E-state index in [4.69, 9.17) is 21.4 Å². The summed E-state index contributed by atoms with van der Waals surface area (Å²) in [6, 6.07) is 19.3. The molecule has 6 unspecified atom stereocenters. The van der Waals surface area contributed by atoms with E-state index in [1.165, 1.54) is 23.0 Å². The summed E-state index contributed by atoms with van der Waals surface area (Å²) in [6.45, 7) is 3.83. The molecule has 9 rings (SSSR count). The molecule has 3 aromatic carbocycles. The number of imide groups is 2. The summed E-state index contributed by atoms with van der Waals surface area (Å²) in [5, 5.41) is 16.9. The van der Waals surface area contributed by atoms with Crippen LogP contribution < -0.4 is 14.5 Å². The van der Waals surface area contributed by atoms with Crippen LogP contribution in [0.3, 0.4) is 0 Å². The minimum atomic E-state index is -1.30. The molecule has 54 heavy (non-hydrogen) atoms. The maximum Gasteiger partial charge on any atom is 0.242 e. The van der Waals surface area contributed by atoms with Crippen molar-refractivity contribution in [2.75, 3.05) is 16.9 Å². The summed E-state index contributed by atoms with van der Waals surface area (Å²) < 4.78 is 9.23. The van der Waals surface area contributed by atoms with Gasteiger partial charge in [0.05, 0.1) is 40.8 Å². The van der Waals surface area contributed by atoms with Crippen LogP contribution in [-0.2, 0) is 26.2 Å². The fraction of sp³-hybridized carbons (Fsp3) is 0.293. The molecule has 2 aromatic heterocycles. The number of aromatic nitrogens is 2. The molecule has 2 aliphatic heterocycles. The van der Waals surface area contributed by atoms with Crippen molar-refractivity contribution >= 4 is 84.1 Å². The molecule has 0 bridgehead atoms. The maximum absolute atomic E-state index is 15.2. The van der Waals surface area contributed by atoms with Crippen LogP contribution in [0, 0.1) is 36.0 Å². The van der Waals surface area contributed by atoms with Gasteiger partial charge in [0.15, 0.2) is 0 Å². The summed E-state index contributed by atoms with van der Waals surface area (Å²) in [5.41, 5.74) is 2.26. The van der Waals surface area contributed by atoms with Gasteiger partial charge < -0.3 is 9.84 Å². The standard InChI is InChI=1S/C41H34BrClN4O6S/c1-19-27-15-21(43)7-14-32(27)54-36(19)30-18-33(45(3)44-30)47-38(50)29-17-28-24(35(41(29,2)40(47)52)25-11-10-23(48)16-31(25)53-4)12-13-26-34(28)39(51)46(37(26)49)22-8-5-20(42)6-9-22/h5-12,14-16,18,26,28-29,34-35,48H,13,17H2,1-4H3. The molecule has 3 fully saturated rings. The fourth-order valence-corrected chi connectivity index (χ4v) is 11.2. The third-order valence-electron chi connectivity index (χ3n) is 12.1. The molecule has 4 aliphatic rings. The first-order valence-corrected chi connectivity index (χ1v) is 19.6. The van der Waals surface area contributed by atoms with Gasteiger partial charge in [-0.1, -0.05) is 45.2 Å². The molecule has 2 aliphatic carbocycles. The number of allylic oxidation sites excluding steroid dienone is 2. The molecule has 1 saturated carbocycles. The van der Waals surface area contributed by atoms with Gasteiger partial charge in [-0.3, -0.25) is 28.8 Å². The highest BCUT2D eigenvalue weighted by molar-refractivity contribution is 9.10. The van der Waals surface area contributed by atoms with E-state index in [0.29, 0.717) is 40.0 Å². The van der Waals surface area contributed by atoms with Gasteiger partial charge in [0.25, 0.3) is 0 Å². The van der Waals surface area contributed by atoms with E-state index in [2.05, 4.69) is 15.9 Å². The van der Waals surface area contributed by atoms with Crippen molar-refractivity contribution in [1.82, 2.24) is 9.78 Å². The first kappa shape index (κ1) is 35.0. The highest BCUT2D eigenvalue weighted by Crippen LogP contribution is 2.64. The number of thiophene rings is 1. The van der Waals surface area contributed by atoms with E-state index in [1.807, 2.05) is 38.1 Å². The number of rotatable bonds is 5. The number of benzene rings is 3. The molecule has 10 nitrogen and oxygen atoms in total. The summed E-state index contributed by atoms with van der Waals surface area (Å²) in [4.78, 5) is 61.9. The lowest BCUT2D eigenvalue weighted by Gasteiger charge is -2.49. The number of aryl methyl sites for hydroxylation is 2.